The fourth-order valence-corrected chi connectivity index (χ4v) is 3.75. The molecule has 0 saturated heterocycles. The minimum absolute atomic E-state index is 0.210. The molecule has 1 aliphatic carbocycles. The Morgan fingerprint density at radius 3 is 2.56 bits per heavy atom. The highest BCUT2D eigenvalue weighted by Crippen LogP contribution is 2.38. The van der Waals surface area contributed by atoms with Crippen LogP contribution >= 0.6 is 8.58 Å². The van der Waals surface area contributed by atoms with Crippen LogP contribution in [0.3, 0.4) is 0 Å². The van der Waals surface area contributed by atoms with E-state index >= 15 is 0 Å². The number of hydrogen-bond donors (Lipinski definition) is 0. The molecule has 0 aliphatic heterocycles. The van der Waals surface area contributed by atoms with Crippen molar-refractivity contribution in [2.75, 3.05) is 14.2 Å². The molecule has 1 aromatic carbocycles. The van der Waals surface area contributed by atoms with Crippen molar-refractivity contribution >= 4 is 14.1 Å². The van der Waals surface area contributed by atoms with Crippen LogP contribution in [0.5, 0.6) is 11.5 Å². The molecule has 0 N–H and O–H groups in total. The van der Waals surface area contributed by atoms with Crippen molar-refractivity contribution in [3.63, 3.8) is 0 Å². The fourth-order valence-electron chi connectivity index (χ4n) is 2.32. The van der Waals surface area contributed by atoms with Crippen molar-refractivity contribution in [3.05, 3.63) is 23.8 Å². The van der Waals surface area contributed by atoms with Gasteiger partial charge in [0.25, 0.3) is 0 Å². The maximum absolute atomic E-state index is 12.3. The zero-order valence-electron chi connectivity index (χ0n) is 10.9. The average Bonchev–Trinajstić information content (AvgIpc) is 2.90. The maximum atomic E-state index is 12.3. The number of methoxy groups -OCH3 is 2. The first-order chi connectivity index (χ1) is 8.74. The predicted molar refractivity (Wildman–Crippen MR) is 74.4 cm³/mol. The van der Waals surface area contributed by atoms with Gasteiger partial charge in [0.15, 0.2) is 5.52 Å². The van der Waals surface area contributed by atoms with Crippen LogP contribution in [0.1, 0.15) is 36.0 Å². The van der Waals surface area contributed by atoms with E-state index in [1.54, 1.807) is 20.3 Å². The van der Waals surface area contributed by atoms with E-state index in [1.165, 1.54) is 25.7 Å². The van der Waals surface area contributed by atoms with Crippen molar-refractivity contribution in [3.8, 4) is 11.5 Å². The van der Waals surface area contributed by atoms with Gasteiger partial charge in [0.05, 0.1) is 19.8 Å². The number of benzene rings is 1. The SMILES string of the molecule is COc1ccc(C(=O)PC2CCCC2)c(OC)c1. The van der Waals surface area contributed by atoms with Gasteiger partial charge in [-0.15, -0.1) is 0 Å². The molecule has 1 fully saturated rings. The van der Waals surface area contributed by atoms with Gasteiger partial charge in [-0.25, -0.2) is 0 Å². The Kier molecular flexibility index (Phi) is 4.60. The Hall–Kier alpha value is -1.08. The summed E-state index contributed by atoms with van der Waals surface area (Å²) in [6.45, 7) is 0. The van der Waals surface area contributed by atoms with Crippen molar-refractivity contribution in [1.29, 1.82) is 0 Å². The van der Waals surface area contributed by atoms with Crippen molar-refractivity contribution in [2.24, 2.45) is 0 Å². The smallest absolute Gasteiger partial charge is 0.185 e. The molecule has 1 saturated carbocycles. The van der Waals surface area contributed by atoms with Crippen LogP contribution in [-0.2, 0) is 0 Å². The van der Waals surface area contributed by atoms with E-state index in [-0.39, 0.29) is 5.52 Å². The van der Waals surface area contributed by atoms with Crippen LogP contribution in [0.2, 0.25) is 0 Å². The summed E-state index contributed by atoms with van der Waals surface area (Å²) in [7, 11) is 3.57. The van der Waals surface area contributed by atoms with Crippen molar-refractivity contribution in [1.82, 2.24) is 0 Å². The average molecular weight is 266 g/mol. The Balaban J connectivity index is 2.13. The molecule has 2 rings (SSSR count). The third-order valence-corrected chi connectivity index (χ3v) is 4.86. The molecule has 0 spiro atoms. The number of ether oxygens (including phenoxy) is 2. The molecule has 98 valence electrons. The monoisotopic (exact) mass is 266 g/mol. The van der Waals surface area contributed by atoms with E-state index in [1.807, 2.05) is 12.1 Å². The molecular weight excluding hydrogens is 247 g/mol. The molecule has 1 atom stereocenters. The zero-order valence-corrected chi connectivity index (χ0v) is 11.9. The molecule has 1 unspecified atom stereocenters. The highest BCUT2D eigenvalue weighted by Gasteiger charge is 2.21. The van der Waals surface area contributed by atoms with E-state index < -0.39 is 0 Å². The van der Waals surface area contributed by atoms with Gasteiger partial charge >= 0.3 is 0 Å². The van der Waals surface area contributed by atoms with Gasteiger partial charge in [0.1, 0.15) is 11.5 Å². The van der Waals surface area contributed by atoms with E-state index in [0.717, 1.165) is 0 Å². The third kappa shape index (κ3) is 3.02. The normalized spacial score (nSPS) is 16.3. The van der Waals surface area contributed by atoms with E-state index in [2.05, 4.69) is 0 Å². The zero-order chi connectivity index (χ0) is 13.0. The summed E-state index contributed by atoms with van der Waals surface area (Å²) in [4.78, 5) is 12.3. The number of rotatable bonds is 5. The van der Waals surface area contributed by atoms with Gasteiger partial charge in [-0.1, -0.05) is 12.8 Å². The lowest BCUT2D eigenvalue weighted by molar-refractivity contribution is 0.108. The fraction of sp³-hybridized carbons (Fsp3) is 0.500. The predicted octanol–water partition coefficient (Wildman–Crippen LogP) is 3.47. The first-order valence-electron chi connectivity index (χ1n) is 6.27. The molecule has 0 heterocycles. The second-order valence-corrected chi connectivity index (χ2v) is 6.08. The molecule has 18 heavy (non-hydrogen) atoms. The largest absolute Gasteiger partial charge is 0.497 e. The van der Waals surface area contributed by atoms with Crippen LogP contribution in [0, 0.1) is 0 Å². The first kappa shape index (κ1) is 13.4. The molecule has 1 aliphatic rings. The summed E-state index contributed by atoms with van der Waals surface area (Å²) >= 11 is 0. The lowest BCUT2D eigenvalue weighted by atomic mass is 10.2. The molecule has 0 aromatic heterocycles. The summed E-state index contributed by atoms with van der Waals surface area (Å²) in [5, 5.41) is 0. The van der Waals surface area contributed by atoms with Gasteiger partial charge in [-0.3, -0.25) is 4.79 Å². The van der Waals surface area contributed by atoms with E-state index in [4.69, 9.17) is 9.47 Å². The Morgan fingerprint density at radius 1 is 1.22 bits per heavy atom. The summed E-state index contributed by atoms with van der Waals surface area (Å²) in [6, 6.07) is 5.39. The van der Waals surface area contributed by atoms with Crippen LogP contribution in [0.4, 0.5) is 0 Å². The molecular formula is C14H19O3P. The summed E-state index contributed by atoms with van der Waals surface area (Å²) in [5.41, 5.74) is 1.48. The highest BCUT2D eigenvalue weighted by atomic mass is 31.1. The number of hydrogen-bond acceptors (Lipinski definition) is 3. The van der Waals surface area contributed by atoms with E-state index in [0.29, 0.717) is 31.3 Å². The second kappa shape index (κ2) is 6.19. The second-order valence-electron chi connectivity index (χ2n) is 4.52. The van der Waals surface area contributed by atoms with Gasteiger partial charge in [-0.2, -0.15) is 0 Å². The Bertz CT molecular complexity index is 425. The summed E-state index contributed by atoms with van der Waals surface area (Å²) in [6.07, 6.45) is 4.93. The first-order valence-corrected chi connectivity index (χ1v) is 7.35. The minimum atomic E-state index is 0.210. The molecule has 4 heteroatoms. The highest BCUT2D eigenvalue weighted by molar-refractivity contribution is 7.59. The summed E-state index contributed by atoms with van der Waals surface area (Å²) < 4.78 is 10.4. The van der Waals surface area contributed by atoms with Crippen LogP contribution < -0.4 is 9.47 Å². The lowest BCUT2D eigenvalue weighted by Crippen LogP contribution is -2.02. The third-order valence-electron chi connectivity index (χ3n) is 3.34. The molecule has 0 radical (unpaired) electrons. The van der Waals surface area contributed by atoms with Crippen molar-refractivity contribution < 1.29 is 14.3 Å². The molecule has 3 nitrogen and oxygen atoms in total. The number of carbonyl (C=O) groups is 1. The molecule has 1 aromatic rings. The maximum Gasteiger partial charge on any atom is 0.185 e. The van der Waals surface area contributed by atoms with Gasteiger partial charge < -0.3 is 9.47 Å². The minimum Gasteiger partial charge on any atom is -0.497 e. The summed E-state index contributed by atoms with van der Waals surface area (Å²) in [5.74, 6) is 1.33. The molecule has 0 bridgehead atoms. The topological polar surface area (TPSA) is 35.5 Å². The van der Waals surface area contributed by atoms with E-state index in [9.17, 15) is 4.79 Å². The van der Waals surface area contributed by atoms with Gasteiger partial charge in [-0.05, 0) is 39.2 Å². The van der Waals surface area contributed by atoms with Crippen LogP contribution in [0.15, 0.2) is 18.2 Å². The quantitative estimate of drug-likeness (QED) is 0.765. The Labute approximate surface area is 110 Å². The Morgan fingerprint density at radius 2 is 1.94 bits per heavy atom. The standard InChI is InChI=1S/C14H19O3P/c1-16-10-7-8-12(13(9-10)17-2)14(15)18-11-5-3-4-6-11/h7-9,11,18H,3-6H2,1-2H3. The van der Waals surface area contributed by atoms with Gasteiger partial charge in [0.2, 0.25) is 0 Å². The van der Waals surface area contributed by atoms with Crippen LogP contribution in [0.25, 0.3) is 0 Å². The lowest BCUT2D eigenvalue weighted by Gasteiger charge is -2.12. The van der Waals surface area contributed by atoms with Crippen LogP contribution in [-0.4, -0.2) is 25.4 Å². The van der Waals surface area contributed by atoms with Crippen molar-refractivity contribution in [2.45, 2.75) is 31.3 Å². The number of carbonyl (C=O) groups excluding carboxylic acids is 1. The van der Waals surface area contributed by atoms with Gasteiger partial charge in [0, 0.05) is 6.07 Å². The molecule has 0 amide bonds.